The van der Waals surface area contributed by atoms with Crippen LogP contribution in [0, 0.1) is 0 Å². The van der Waals surface area contributed by atoms with E-state index in [-0.39, 0.29) is 0 Å². The van der Waals surface area contributed by atoms with Gasteiger partial charge in [-0.05, 0) is 17.7 Å². The van der Waals surface area contributed by atoms with Crippen molar-refractivity contribution in [3.05, 3.63) is 23.8 Å². The Hall–Kier alpha value is -1.07. The molecular formula is C8H10N2O2S. The molecule has 0 bridgehead atoms. The summed E-state index contributed by atoms with van der Waals surface area (Å²) in [5.74, 6) is 0. The van der Waals surface area contributed by atoms with E-state index in [4.69, 9.17) is 5.73 Å². The Morgan fingerprint density at radius 2 is 2.15 bits per heavy atom. The van der Waals surface area contributed by atoms with Gasteiger partial charge in [0.15, 0.2) is 0 Å². The van der Waals surface area contributed by atoms with Gasteiger partial charge >= 0.3 is 0 Å². The topological polar surface area (TPSA) is 63.4 Å². The summed E-state index contributed by atoms with van der Waals surface area (Å²) in [7, 11) is -1.69. The minimum Gasteiger partial charge on any atom is -0.399 e. The number of hydrogen-bond acceptors (Lipinski definition) is 3. The highest BCUT2D eigenvalue weighted by Crippen LogP contribution is 2.29. The molecule has 2 rings (SSSR count). The molecule has 13 heavy (non-hydrogen) atoms. The maximum atomic E-state index is 11.6. The lowest BCUT2D eigenvalue weighted by Crippen LogP contribution is -2.18. The highest BCUT2D eigenvalue weighted by atomic mass is 32.2. The van der Waals surface area contributed by atoms with Gasteiger partial charge in [-0.2, -0.15) is 4.31 Å². The third kappa shape index (κ3) is 1.12. The maximum Gasteiger partial charge on any atom is 0.243 e. The molecule has 0 radical (unpaired) electrons. The summed E-state index contributed by atoms with van der Waals surface area (Å²) in [5.41, 5.74) is 6.81. The summed E-state index contributed by atoms with van der Waals surface area (Å²) in [6.07, 6.45) is 0. The molecule has 1 heterocycles. The van der Waals surface area contributed by atoms with E-state index in [1.807, 2.05) is 0 Å². The van der Waals surface area contributed by atoms with E-state index in [0.717, 1.165) is 5.56 Å². The fourth-order valence-corrected chi connectivity index (χ4v) is 2.83. The van der Waals surface area contributed by atoms with Gasteiger partial charge in [0, 0.05) is 19.3 Å². The van der Waals surface area contributed by atoms with Crippen molar-refractivity contribution in [3.8, 4) is 0 Å². The molecule has 5 heteroatoms. The van der Waals surface area contributed by atoms with Crippen LogP contribution < -0.4 is 5.73 Å². The molecule has 0 aliphatic carbocycles. The number of hydrogen-bond donors (Lipinski definition) is 1. The summed E-state index contributed by atoms with van der Waals surface area (Å²) < 4.78 is 24.5. The number of sulfonamides is 1. The van der Waals surface area contributed by atoms with Crippen molar-refractivity contribution in [2.75, 3.05) is 12.8 Å². The molecule has 0 unspecified atom stereocenters. The molecular weight excluding hydrogens is 188 g/mol. The molecule has 0 fully saturated rings. The van der Waals surface area contributed by atoms with Gasteiger partial charge in [0.25, 0.3) is 0 Å². The molecule has 1 aromatic rings. The van der Waals surface area contributed by atoms with E-state index >= 15 is 0 Å². The zero-order chi connectivity index (χ0) is 9.64. The first-order chi connectivity index (χ1) is 6.01. The number of fused-ring (bicyclic) bond motifs is 1. The second kappa shape index (κ2) is 2.46. The first-order valence-corrected chi connectivity index (χ1v) is 5.30. The first-order valence-electron chi connectivity index (χ1n) is 3.86. The highest BCUT2D eigenvalue weighted by molar-refractivity contribution is 7.89. The van der Waals surface area contributed by atoms with E-state index in [0.29, 0.717) is 17.1 Å². The molecule has 0 spiro atoms. The smallest absolute Gasteiger partial charge is 0.243 e. The summed E-state index contributed by atoms with van der Waals surface area (Å²) >= 11 is 0. The van der Waals surface area contributed by atoms with Crippen molar-refractivity contribution < 1.29 is 8.42 Å². The Morgan fingerprint density at radius 3 is 2.85 bits per heavy atom. The number of anilines is 1. The van der Waals surface area contributed by atoms with E-state index in [2.05, 4.69) is 0 Å². The largest absolute Gasteiger partial charge is 0.399 e. The van der Waals surface area contributed by atoms with Crippen LogP contribution in [0.3, 0.4) is 0 Å². The number of benzene rings is 1. The van der Waals surface area contributed by atoms with Crippen LogP contribution in [-0.2, 0) is 16.6 Å². The van der Waals surface area contributed by atoms with Gasteiger partial charge in [0.05, 0.1) is 4.90 Å². The summed E-state index contributed by atoms with van der Waals surface area (Å²) in [6, 6.07) is 4.98. The number of nitrogens with two attached hydrogens (primary N) is 1. The predicted octanol–water partition coefficient (Wildman–Crippen LogP) is 0.403. The van der Waals surface area contributed by atoms with Crippen molar-refractivity contribution in [2.24, 2.45) is 0 Å². The van der Waals surface area contributed by atoms with Gasteiger partial charge in [0.2, 0.25) is 10.0 Å². The van der Waals surface area contributed by atoms with Crippen molar-refractivity contribution in [3.63, 3.8) is 0 Å². The van der Waals surface area contributed by atoms with Crippen LogP contribution in [0.1, 0.15) is 5.56 Å². The average Bonchev–Trinajstić information content (AvgIpc) is 2.27. The van der Waals surface area contributed by atoms with Gasteiger partial charge in [0.1, 0.15) is 0 Å². The molecule has 1 aliphatic rings. The maximum absolute atomic E-state index is 11.6. The Labute approximate surface area is 77.0 Å². The fourth-order valence-electron chi connectivity index (χ4n) is 1.43. The lowest BCUT2D eigenvalue weighted by molar-refractivity contribution is 0.488. The van der Waals surface area contributed by atoms with Gasteiger partial charge in [-0.25, -0.2) is 8.42 Å². The number of rotatable bonds is 0. The van der Waals surface area contributed by atoms with E-state index in [9.17, 15) is 8.42 Å². The standard InChI is InChI=1S/C8H10N2O2S/c1-10-5-6-2-3-7(9)4-8(6)13(10,11)12/h2-4H,5,9H2,1H3. The number of nitrogens with zero attached hydrogens (tertiary/aromatic N) is 1. The zero-order valence-corrected chi connectivity index (χ0v) is 8.00. The van der Waals surface area contributed by atoms with E-state index < -0.39 is 10.0 Å². The SMILES string of the molecule is CN1Cc2ccc(N)cc2S1(=O)=O. The third-order valence-corrected chi connectivity index (χ3v) is 4.06. The fraction of sp³-hybridized carbons (Fsp3) is 0.250. The highest BCUT2D eigenvalue weighted by Gasteiger charge is 2.31. The van der Waals surface area contributed by atoms with Crippen molar-refractivity contribution in [1.29, 1.82) is 0 Å². The Bertz CT molecular complexity index is 453. The summed E-state index contributed by atoms with van der Waals surface area (Å²) in [6.45, 7) is 0.442. The summed E-state index contributed by atoms with van der Waals surface area (Å²) in [5, 5.41) is 0. The van der Waals surface area contributed by atoms with Crippen LogP contribution in [0.25, 0.3) is 0 Å². The van der Waals surface area contributed by atoms with Gasteiger partial charge < -0.3 is 5.73 Å². The van der Waals surface area contributed by atoms with Crippen LogP contribution in [-0.4, -0.2) is 19.8 Å². The lowest BCUT2D eigenvalue weighted by Gasteiger charge is -2.04. The molecule has 0 saturated heterocycles. The molecule has 0 atom stereocenters. The molecule has 70 valence electrons. The van der Waals surface area contributed by atoms with Crippen LogP contribution in [0.2, 0.25) is 0 Å². The Morgan fingerprint density at radius 1 is 1.46 bits per heavy atom. The van der Waals surface area contributed by atoms with Gasteiger partial charge in [-0.15, -0.1) is 0 Å². The first kappa shape index (κ1) is 8.52. The van der Waals surface area contributed by atoms with Crippen molar-refractivity contribution in [1.82, 2.24) is 4.31 Å². The van der Waals surface area contributed by atoms with Crippen molar-refractivity contribution in [2.45, 2.75) is 11.4 Å². The monoisotopic (exact) mass is 198 g/mol. The van der Waals surface area contributed by atoms with Crippen LogP contribution in [0.15, 0.2) is 23.1 Å². The summed E-state index contributed by atoms with van der Waals surface area (Å²) in [4.78, 5) is 0.343. The molecule has 0 aromatic heterocycles. The van der Waals surface area contributed by atoms with Crippen LogP contribution in [0.5, 0.6) is 0 Å². The van der Waals surface area contributed by atoms with Crippen molar-refractivity contribution >= 4 is 15.7 Å². The lowest BCUT2D eigenvalue weighted by atomic mass is 10.2. The quantitative estimate of drug-likeness (QED) is 0.614. The molecule has 4 nitrogen and oxygen atoms in total. The Balaban J connectivity index is 2.71. The molecule has 0 amide bonds. The minimum atomic E-state index is -3.25. The van der Waals surface area contributed by atoms with Gasteiger partial charge in [-0.3, -0.25) is 0 Å². The average molecular weight is 198 g/mol. The second-order valence-corrected chi connectivity index (χ2v) is 5.14. The predicted molar refractivity (Wildman–Crippen MR) is 49.5 cm³/mol. The third-order valence-electron chi connectivity index (χ3n) is 2.17. The van der Waals surface area contributed by atoms with E-state index in [1.165, 1.54) is 10.4 Å². The normalized spacial score (nSPS) is 20.1. The second-order valence-electron chi connectivity index (χ2n) is 3.13. The number of nitrogen functional groups attached to an aromatic ring is 1. The van der Waals surface area contributed by atoms with Gasteiger partial charge in [-0.1, -0.05) is 6.07 Å². The van der Waals surface area contributed by atoms with Crippen LogP contribution in [0.4, 0.5) is 5.69 Å². The molecule has 1 aliphatic heterocycles. The van der Waals surface area contributed by atoms with E-state index in [1.54, 1.807) is 19.2 Å². The molecule has 1 aromatic carbocycles. The van der Waals surface area contributed by atoms with Crippen LogP contribution >= 0.6 is 0 Å². The molecule has 0 saturated carbocycles. The minimum absolute atomic E-state index is 0.343. The Kier molecular flexibility index (Phi) is 1.61. The molecule has 2 N–H and O–H groups in total. The zero-order valence-electron chi connectivity index (χ0n) is 7.19.